The summed E-state index contributed by atoms with van der Waals surface area (Å²) in [5.74, 6) is -0.00436. The van der Waals surface area contributed by atoms with Crippen LogP contribution >= 0.6 is 11.3 Å². The first-order valence-corrected chi connectivity index (χ1v) is 7.76. The Kier molecular flexibility index (Phi) is 4.08. The quantitative estimate of drug-likeness (QED) is 0.750. The van der Waals surface area contributed by atoms with Gasteiger partial charge in [0, 0.05) is 0 Å². The van der Waals surface area contributed by atoms with Crippen LogP contribution in [0.1, 0.15) is 26.6 Å². The molecule has 2 heterocycles. The molecular formula is C17H14N2O3S. The maximum Gasteiger partial charge on any atom is 0.348 e. The van der Waals surface area contributed by atoms with Crippen LogP contribution in [0, 0.1) is 6.92 Å². The molecule has 0 radical (unpaired) electrons. The molecule has 0 bridgehead atoms. The van der Waals surface area contributed by atoms with Crippen LogP contribution in [0.4, 0.5) is 0 Å². The lowest BCUT2D eigenvalue weighted by Gasteiger charge is -1.96. The van der Waals surface area contributed by atoms with Crippen LogP contribution in [-0.4, -0.2) is 23.0 Å². The van der Waals surface area contributed by atoms with E-state index in [-0.39, 0.29) is 5.56 Å². The largest absolute Gasteiger partial charge is 0.465 e. The van der Waals surface area contributed by atoms with Crippen LogP contribution in [0.2, 0.25) is 0 Å². The number of carbonyl (C=O) groups excluding carboxylic acids is 1. The SMILES string of the molecule is COC(=O)c1sc2nc(/C=C/c3ccccc3)[nH]c(=O)c2c1C. The first kappa shape index (κ1) is 15.2. The average molecular weight is 326 g/mol. The van der Waals surface area contributed by atoms with Gasteiger partial charge in [0.2, 0.25) is 0 Å². The first-order chi connectivity index (χ1) is 11.1. The van der Waals surface area contributed by atoms with Crippen molar-refractivity contribution >= 4 is 39.7 Å². The molecule has 2 aromatic heterocycles. The summed E-state index contributed by atoms with van der Waals surface area (Å²) in [6.45, 7) is 1.72. The number of fused-ring (bicyclic) bond motifs is 1. The Labute approximate surface area is 136 Å². The Morgan fingerprint density at radius 1 is 1.26 bits per heavy atom. The van der Waals surface area contributed by atoms with Crippen molar-refractivity contribution in [3.05, 3.63) is 62.5 Å². The summed E-state index contributed by atoms with van der Waals surface area (Å²) in [5, 5.41) is 0.437. The Bertz CT molecular complexity index is 955. The number of nitrogens with zero attached hydrogens (tertiary/aromatic N) is 1. The second-order valence-electron chi connectivity index (χ2n) is 4.92. The molecule has 0 unspecified atom stereocenters. The molecule has 23 heavy (non-hydrogen) atoms. The molecule has 0 atom stereocenters. The van der Waals surface area contributed by atoms with Gasteiger partial charge in [-0.15, -0.1) is 11.3 Å². The number of H-pyrrole nitrogens is 1. The highest BCUT2D eigenvalue weighted by Gasteiger charge is 2.19. The number of esters is 1. The van der Waals surface area contributed by atoms with Gasteiger partial charge in [-0.2, -0.15) is 0 Å². The minimum atomic E-state index is -0.453. The first-order valence-electron chi connectivity index (χ1n) is 6.95. The molecule has 0 aliphatic heterocycles. The fraction of sp³-hybridized carbons (Fsp3) is 0.118. The Morgan fingerprint density at radius 2 is 2.00 bits per heavy atom. The van der Waals surface area contributed by atoms with E-state index < -0.39 is 5.97 Å². The summed E-state index contributed by atoms with van der Waals surface area (Å²) >= 11 is 1.17. The lowest BCUT2D eigenvalue weighted by molar-refractivity contribution is 0.0605. The highest BCUT2D eigenvalue weighted by Crippen LogP contribution is 2.27. The molecule has 3 aromatic rings. The van der Waals surface area contributed by atoms with E-state index in [1.165, 1.54) is 18.4 Å². The van der Waals surface area contributed by atoms with Gasteiger partial charge >= 0.3 is 5.97 Å². The third-order valence-electron chi connectivity index (χ3n) is 3.42. The zero-order valence-electron chi connectivity index (χ0n) is 12.6. The van der Waals surface area contributed by atoms with Crippen molar-refractivity contribution in [2.24, 2.45) is 0 Å². The third-order valence-corrected chi connectivity index (χ3v) is 4.59. The van der Waals surface area contributed by atoms with Crippen LogP contribution in [0.3, 0.4) is 0 Å². The number of aromatic nitrogens is 2. The number of hydrogen-bond donors (Lipinski definition) is 1. The van der Waals surface area contributed by atoms with Gasteiger partial charge in [-0.1, -0.05) is 36.4 Å². The molecule has 0 saturated carbocycles. The fourth-order valence-electron chi connectivity index (χ4n) is 2.27. The van der Waals surface area contributed by atoms with E-state index >= 15 is 0 Å². The van der Waals surface area contributed by atoms with Crippen molar-refractivity contribution in [1.82, 2.24) is 9.97 Å². The van der Waals surface area contributed by atoms with E-state index in [4.69, 9.17) is 4.74 Å². The molecule has 0 saturated heterocycles. The van der Waals surface area contributed by atoms with Crippen molar-refractivity contribution in [3.63, 3.8) is 0 Å². The molecule has 5 nitrogen and oxygen atoms in total. The summed E-state index contributed by atoms with van der Waals surface area (Å²) in [6, 6.07) is 9.72. The average Bonchev–Trinajstić information content (AvgIpc) is 2.90. The molecule has 116 valence electrons. The topological polar surface area (TPSA) is 72.0 Å². The van der Waals surface area contributed by atoms with Crippen molar-refractivity contribution in [1.29, 1.82) is 0 Å². The number of ether oxygens (including phenoxy) is 1. The van der Waals surface area contributed by atoms with Gasteiger partial charge in [-0.05, 0) is 24.1 Å². The predicted molar refractivity (Wildman–Crippen MR) is 91.7 cm³/mol. The maximum absolute atomic E-state index is 12.3. The molecule has 3 rings (SSSR count). The lowest BCUT2D eigenvalue weighted by atomic mass is 10.2. The number of nitrogens with one attached hydrogen (secondary N) is 1. The molecule has 0 spiro atoms. The fourth-order valence-corrected chi connectivity index (χ4v) is 3.37. The lowest BCUT2D eigenvalue weighted by Crippen LogP contribution is -2.09. The Morgan fingerprint density at radius 3 is 2.70 bits per heavy atom. The van der Waals surface area contributed by atoms with E-state index in [0.29, 0.717) is 26.5 Å². The van der Waals surface area contributed by atoms with Crippen LogP contribution in [0.5, 0.6) is 0 Å². The van der Waals surface area contributed by atoms with Crippen LogP contribution in [0.15, 0.2) is 35.1 Å². The van der Waals surface area contributed by atoms with E-state index in [0.717, 1.165) is 5.56 Å². The van der Waals surface area contributed by atoms with Crippen molar-refractivity contribution in [3.8, 4) is 0 Å². The Balaban J connectivity index is 2.06. The molecule has 1 aromatic carbocycles. The minimum Gasteiger partial charge on any atom is -0.465 e. The van der Waals surface area contributed by atoms with E-state index in [1.807, 2.05) is 36.4 Å². The predicted octanol–water partition coefficient (Wildman–Crippen LogP) is 3.25. The Hall–Kier alpha value is -2.73. The number of aromatic amines is 1. The number of benzene rings is 1. The van der Waals surface area contributed by atoms with Crippen LogP contribution in [-0.2, 0) is 4.74 Å². The number of aryl methyl sites for hydroxylation is 1. The van der Waals surface area contributed by atoms with Crippen LogP contribution in [0.25, 0.3) is 22.4 Å². The van der Waals surface area contributed by atoms with Gasteiger partial charge in [0.05, 0.1) is 12.5 Å². The second kappa shape index (κ2) is 6.18. The zero-order valence-corrected chi connectivity index (χ0v) is 13.4. The van der Waals surface area contributed by atoms with E-state index in [9.17, 15) is 9.59 Å². The molecule has 0 amide bonds. The third kappa shape index (κ3) is 2.93. The maximum atomic E-state index is 12.3. The van der Waals surface area contributed by atoms with Crippen molar-refractivity contribution in [2.45, 2.75) is 6.92 Å². The summed E-state index contributed by atoms with van der Waals surface area (Å²) in [5.41, 5.74) is 1.35. The molecular weight excluding hydrogens is 312 g/mol. The molecule has 0 aliphatic carbocycles. The zero-order chi connectivity index (χ0) is 16.4. The summed E-state index contributed by atoms with van der Waals surface area (Å²) in [7, 11) is 1.32. The standard InChI is InChI=1S/C17H14N2O3S/c1-10-13-15(20)18-12(9-8-11-6-4-3-5-7-11)19-16(13)23-14(10)17(21)22-2/h3-9H,1-2H3,(H,18,19,20)/b9-8+. The summed E-state index contributed by atoms with van der Waals surface area (Å²) in [6.07, 6.45) is 3.61. The smallest absolute Gasteiger partial charge is 0.348 e. The second-order valence-corrected chi connectivity index (χ2v) is 5.92. The molecule has 1 N–H and O–H groups in total. The molecule has 0 fully saturated rings. The summed E-state index contributed by atoms with van der Waals surface area (Å²) < 4.78 is 4.74. The van der Waals surface area contributed by atoms with Gasteiger partial charge in [0.15, 0.2) is 0 Å². The molecule has 6 heteroatoms. The number of methoxy groups -OCH3 is 1. The monoisotopic (exact) mass is 326 g/mol. The molecule has 0 aliphatic rings. The number of hydrogen-bond acceptors (Lipinski definition) is 5. The van der Waals surface area contributed by atoms with Gasteiger partial charge < -0.3 is 9.72 Å². The van der Waals surface area contributed by atoms with Crippen molar-refractivity contribution in [2.75, 3.05) is 7.11 Å². The van der Waals surface area contributed by atoms with Crippen LogP contribution < -0.4 is 5.56 Å². The normalized spacial score (nSPS) is 11.2. The highest BCUT2D eigenvalue weighted by atomic mass is 32.1. The van der Waals surface area contributed by atoms with Gasteiger partial charge in [0.25, 0.3) is 5.56 Å². The van der Waals surface area contributed by atoms with Gasteiger partial charge in [-0.25, -0.2) is 9.78 Å². The van der Waals surface area contributed by atoms with E-state index in [2.05, 4.69) is 9.97 Å². The number of thiophene rings is 1. The number of carbonyl (C=O) groups is 1. The summed E-state index contributed by atoms with van der Waals surface area (Å²) in [4.78, 5) is 32.1. The van der Waals surface area contributed by atoms with E-state index in [1.54, 1.807) is 13.0 Å². The van der Waals surface area contributed by atoms with Gasteiger partial charge in [0.1, 0.15) is 15.5 Å². The number of rotatable bonds is 3. The van der Waals surface area contributed by atoms with Gasteiger partial charge in [-0.3, -0.25) is 4.79 Å². The highest BCUT2D eigenvalue weighted by molar-refractivity contribution is 7.20. The minimum absolute atomic E-state index is 0.258. The van der Waals surface area contributed by atoms with Crippen molar-refractivity contribution < 1.29 is 9.53 Å².